The fourth-order valence-electron chi connectivity index (χ4n) is 5.66. The van der Waals surface area contributed by atoms with Gasteiger partial charge in [-0.05, 0) is 61.0 Å². The average molecular weight is 626 g/mol. The highest BCUT2D eigenvalue weighted by Gasteiger charge is 2.27. The fraction of sp³-hybridized carbons (Fsp3) is 0.121. The molecule has 0 bridgehead atoms. The number of aryl methyl sites for hydroxylation is 1. The van der Waals surface area contributed by atoms with Crippen LogP contribution in [0.15, 0.2) is 77.5 Å². The number of carbonyl (C=O) groups is 1. The van der Waals surface area contributed by atoms with Crippen molar-refractivity contribution in [3.8, 4) is 22.6 Å². The number of rotatable bonds is 5. The van der Waals surface area contributed by atoms with Crippen molar-refractivity contribution in [1.29, 1.82) is 0 Å². The maximum Gasteiger partial charge on any atom is 0.255 e. The van der Waals surface area contributed by atoms with E-state index in [4.69, 9.17) is 9.40 Å². The number of hydrogen-bond acceptors (Lipinski definition) is 6. The van der Waals surface area contributed by atoms with Gasteiger partial charge in [-0.3, -0.25) is 13.5 Å². The molecule has 0 spiro atoms. The minimum atomic E-state index is -3.78. The van der Waals surface area contributed by atoms with Crippen LogP contribution < -0.4 is 9.62 Å². The van der Waals surface area contributed by atoms with E-state index in [9.17, 15) is 17.6 Å². The standard InChI is InChI=1S/C33H25F2N5O4S/c1-17-8-9-18(23(35)12-17)32-30(33(41)36-2)21-13-20(27(15-29(21)44-32)39(3)45(4,42)43)24-10-11-25-31(38-24)28-14-19-22(34)6-5-7-26(19)40(28)16-37-25/h5-16H,1-4H3,(H,36,41). The van der Waals surface area contributed by atoms with E-state index < -0.39 is 21.7 Å². The number of pyridine rings is 1. The van der Waals surface area contributed by atoms with Crippen molar-refractivity contribution >= 4 is 60.0 Å². The Balaban J connectivity index is 1.55. The second-order valence-corrected chi connectivity index (χ2v) is 12.9. The monoisotopic (exact) mass is 625 g/mol. The molecule has 0 aliphatic heterocycles. The minimum Gasteiger partial charge on any atom is -0.455 e. The van der Waals surface area contributed by atoms with Crippen LogP contribution in [-0.2, 0) is 10.0 Å². The zero-order valence-corrected chi connectivity index (χ0v) is 25.3. The number of furan rings is 1. The Labute approximate surface area is 255 Å². The Bertz CT molecular complexity index is 2490. The summed E-state index contributed by atoms with van der Waals surface area (Å²) in [5.74, 6) is -1.47. The number of benzene rings is 3. The quantitative estimate of drug-likeness (QED) is 0.235. The van der Waals surface area contributed by atoms with Crippen molar-refractivity contribution in [2.75, 3.05) is 24.7 Å². The van der Waals surface area contributed by atoms with E-state index in [1.807, 2.05) is 0 Å². The van der Waals surface area contributed by atoms with Gasteiger partial charge in [-0.2, -0.15) is 0 Å². The van der Waals surface area contributed by atoms with Crippen molar-refractivity contribution in [1.82, 2.24) is 19.7 Å². The summed E-state index contributed by atoms with van der Waals surface area (Å²) < 4.78 is 64.4. The van der Waals surface area contributed by atoms with E-state index in [-0.39, 0.29) is 34.0 Å². The van der Waals surface area contributed by atoms with Gasteiger partial charge in [0.05, 0.1) is 45.3 Å². The van der Waals surface area contributed by atoms with Crippen molar-refractivity contribution < 1.29 is 26.4 Å². The highest BCUT2D eigenvalue weighted by Crippen LogP contribution is 2.42. The van der Waals surface area contributed by atoms with E-state index in [0.29, 0.717) is 49.7 Å². The predicted molar refractivity (Wildman–Crippen MR) is 170 cm³/mol. The molecule has 1 N–H and O–H groups in total. The molecule has 0 radical (unpaired) electrons. The third-order valence-electron chi connectivity index (χ3n) is 8.00. The molecule has 7 rings (SSSR count). The molecule has 9 nitrogen and oxygen atoms in total. The lowest BCUT2D eigenvalue weighted by molar-refractivity contribution is 0.0964. The normalized spacial score (nSPS) is 12.0. The third-order valence-corrected chi connectivity index (χ3v) is 9.19. The Morgan fingerprint density at radius 1 is 0.956 bits per heavy atom. The van der Waals surface area contributed by atoms with Crippen molar-refractivity contribution in [2.45, 2.75) is 6.92 Å². The van der Waals surface area contributed by atoms with Crippen LogP contribution in [0.1, 0.15) is 15.9 Å². The summed E-state index contributed by atoms with van der Waals surface area (Å²) in [6.07, 6.45) is 2.66. The van der Waals surface area contributed by atoms with Gasteiger partial charge in [0.2, 0.25) is 10.0 Å². The first-order valence-electron chi connectivity index (χ1n) is 13.8. The maximum absolute atomic E-state index is 15.2. The summed E-state index contributed by atoms with van der Waals surface area (Å²) in [4.78, 5) is 22.7. The van der Waals surface area contributed by atoms with Crippen LogP contribution >= 0.6 is 0 Å². The van der Waals surface area contributed by atoms with Crippen LogP contribution in [0.25, 0.3) is 61.0 Å². The highest BCUT2D eigenvalue weighted by molar-refractivity contribution is 7.92. The number of halogens is 2. The lowest BCUT2D eigenvalue weighted by Gasteiger charge is -2.20. The Morgan fingerprint density at radius 3 is 2.49 bits per heavy atom. The van der Waals surface area contributed by atoms with Gasteiger partial charge in [-0.25, -0.2) is 27.2 Å². The molecule has 226 valence electrons. The Morgan fingerprint density at radius 2 is 1.76 bits per heavy atom. The number of aromatic nitrogens is 3. The van der Waals surface area contributed by atoms with Gasteiger partial charge >= 0.3 is 0 Å². The zero-order valence-electron chi connectivity index (χ0n) is 24.5. The van der Waals surface area contributed by atoms with Gasteiger partial charge in [0.15, 0.2) is 5.76 Å². The largest absolute Gasteiger partial charge is 0.455 e. The van der Waals surface area contributed by atoms with Crippen LogP contribution in [0.4, 0.5) is 14.5 Å². The van der Waals surface area contributed by atoms with Crippen molar-refractivity contribution in [3.05, 3.63) is 95.8 Å². The van der Waals surface area contributed by atoms with E-state index >= 15 is 4.39 Å². The molecule has 0 atom stereocenters. The Hall–Kier alpha value is -5.36. The summed E-state index contributed by atoms with van der Waals surface area (Å²) in [6.45, 7) is 1.75. The van der Waals surface area contributed by atoms with E-state index in [0.717, 1.165) is 10.6 Å². The molecule has 0 fully saturated rings. The number of amides is 1. The van der Waals surface area contributed by atoms with E-state index in [2.05, 4.69) is 10.3 Å². The molecule has 7 aromatic rings. The van der Waals surface area contributed by atoms with Crippen molar-refractivity contribution in [2.24, 2.45) is 0 Å². The molecule has 12 heteroatoms. The number of fused-ring (bicyclic) bond motifs is 6. The summed E-state index contributed by atoms with van der Waals surface area (Å²) in [5, 5.41) is 3.34. The SMILES string of the molecule is CNC(=O)c1c(-c2ccc(C)cc2F)oc2cc(N(C)S(C)(=O)=O)c(-c3ccc4ncn5c6cccc(F)c6cc5c4n3)cc12. The first-order valence-corrected chi connectivity index (χ1v) is 15.7. The van der Waals surface area contributed by atoms with Gasteiger partial charge in [0.1, 0.15) is 29.1 Å². The van der Waals surface area contributed by atoms with E-state index in [1.165, 1.54) is 38.4 Å². The maximum atomic E-state index is 15.2. The summed E-state index contributed by atoms with van der Waals surface area (Å²) in [5.41, 5.74) is 4.21. The van der Waals surface area contributed by atoms with E-state index in [1.54, 1.807) is 60.1 Å². The third kappa shape index (κ3) is 4.48. The average Bonchev–Trinajstić information content (AvgIpc) is 3.58. The molecule has 0 saturated carbocycles. The number of carbonyl (C=O) groups excluding carboxylic acids is 1. The lowest BCUT2D eigenvalue weighted by Crippen LogP contribution is -2.25. The topological polar surface area (TPSA) is 110 Å². The van der Waals surface area contributed by atoms with Crippen LogP contribution in [0.3, 0.4) is 0 Å². The van der Waals surface area contributed by atoms with Crippen LogP contribution in [0.5, 0.6) is 0 Å². The molecule has 4 aromatic heterocycles. The molecular weight excluding hydrogens is 600 g/mol. The molecule has 0 aliphatic rings. The molecule has 1 amide bonds. The minimum absolute atomic E-state index is 0.00578. The smallest absolute Gasteiger partial charge is 0.255 e. The van der Waals surface area contributed by atoms with Crippen LogP contribution in [-0.4, -0.2) is 49.0 Å². The Kier molecular flexibility index (Phi) is 6.37. The zero-order chi connectivity index (χ0) is 31.8. The summed E-state index contributed by atoms with van der Waals surface area (Å²) in [7, 11) is -0.925. The van der Waals surface area contributed by atoms with Gasteiger partial charge in [-0.1, -0.05) is 12.1 Å². The molecule has 3 aromatic carbocycles. The molecule has 0 saturated heterocycles. The summed E-state index contributed by atoms with van der Waals surface area (Å²) >= 11 is 0. The number of anilines is 1. The second kappa shape index (κ2) is 10.1. The van der Waals surface area contributed by atoms with Gasteiger partial charge in [-0.15, -0.1) is 0 Å². The molecule has 45 heavy (non-hydrogen) atoms. The molecule has 0 unspecified atom stereocenters. The second-order valence-electron chi connectivity index (χ2n) is 10.8. The first kappa shape index (κ1) is 28.4. The van der Waals surface area contributed by atoms with Gasteiger partial charge < -0.3 is 9.73 Å². The molecule has 0 aliphatic carbocycles. The first-order chi connectivity index (χ1) is 21.5. The van der Waals surface area contributed by atoms with Crippen molar-refractivity contribution in [3.63, 3.8) is 0 Å². The highest BCUT2D eigenvalue weighted by atomic mass is 32.2. The number of sulfonamides is 1. The summed E-state index contributed by atoms with van der Waals surface area (Å²) in [6, 6.07) is 17.6. The molecular formula is C33H25F2N5O4S. The fourth-order valence-corrected chi connectivity index (χ4v) is 6.17. The molecule has 4 heterocycles. The number of nitrogens with one attached hydrogen (secondary N) is 1. The van der Waals surface area contributed by atoms with Crippen LogP contribution in [0.2, 0.25) is 0 Å². The van der Waals surface area contributed by atoms with Gasteiger partial charge in [0, 0.05) is 36.5 Å². The van der Waals surface area contributed by atoms with Gasteiger partial charge in [0.25, 0.3) is 5.91 Å². The predicted octanol–water partition coefficient (Wildman–Crippen LogP) is 6.46. The number of hydrogen-bond donors (Lipinski definition) is 1. The van der Waals surface area contributed by atoms with Crippen LogP contribution in [0, 0.1) is 18.6 Å². The lowest BCUT2D eigenvalue weighted by atomic mass is 10.00. The number of nitrogens with zero attached hydrogens (tertiary/aromatic N) is 4.